The van der Waals surface area contributed by atoms with E-state index in [1.807, 2.05) is 0 Å². The summed E-state index contributed by atoms with van der Waals surface area (Å²) in [6.45, 7) is 5.05. The van der Waals surface area contributed by atoms with Crippen LogP contribution >= 0.6 is 0 Å². The molecule has 0 saturated heterocycles. The number of alkyl halides is 3. The van der Waals surface area contributed by atoms with Gasteiger partial charge in [0, 0.05) is 6.20 Å². The molecule has 7 heteroatoms. The Bertz CT molecular complexity index is 441. The van der Waals surface area contributed by atoms with Crippen molar-refractivity contribution in [2.75, 3.05) is 0 Å². The van der Waals surface area contributed by atoms with Crippen LogP contribution < -0.4 is 0 Å². The number of hydrogen-bond donors (Lipinski definition) is 0. The van der Waals surface area contributed by atoms with Gasteiger partial charge in [-0.25, -0.2) is 0 Å². The number of nitrogens with zero attached hydrogens (tertiary/aromatic N) is 2. The highest BCUT2D eigenvalue weighted by molar-refractivity contribution is 7.91. The van der Waals surface area contributed by atoms with Crippen LogP contribution in [0.5, 0.6) is 0 Å². The van der Waals surface area contributed by atoms with Crippen molar-refractivity contribution in [1.82, 2.24) is 4.98 Å². The van der Waals surface area contributed by atoms with E-state index in [2.05, 4.69) is 9.38 Å². The summed E-state index contributed by atoms with van der Waals surface area (Å²) in [6, 6.07) is 2.11. The Morgan fingerprint density at radius 2 is 1.94 bits per heavy atom. The Morgan fingerprint density at radius 3 is 2.44 bits per heavy atom. The molecule has 0 aliphatic carbocycles. The molecule has 1 rings (SSSR count). The summed E-state index contributed by atoms with van der Waals surface area (Å²) < 4.78 is 52.5. The van der Waals surface area contributed by atoms with E-state index in [0.29, 0.717) is 0 Å². The number of pyridine rings is 1. The lowest BCUT2D eigenvalue weighted by Crippen LogP contribution is -2.26. The maximum Gasteiger partial charge on any atom is 0.418 e. The molecule has 0 N–H and O–H groups in total. The van der Waals surface area contributed by atoms with Gasteiger partial charge in [-0.05, 0) is 32.9 Å². The average molecular weight is 278 g/mol. The number of halogens is 3. The minimum Gasteiger partial charge on any atom is -0.591 e. The van der Waals surface area contributed by atoms with E-state index >= 15 is 0 Å². The minimum atomic E-state index is -4.50. The maximum atomic E-state index is 12.6. The minimum absolute atomic E-state index is 0.331. The molecule has 18 heavy (non-hydrogen) atoms. The molecular weight excluding hydrogens is 265 g/mol. The van der Waals surface area contributed by atoms with E-state index in [1.165, 1.54) is 12.3 Å². The van der Waals surface area contributed by atoms with Crippen LogP contribution in [0, 0.1) is 0 Å². The van der Waals surface area contributed by atoms with E-state index in [9.17, 15) is 17.7 Å². The molecule has 0 radical (unpaired) electrons. The standard InChI is InChI=1S/C11H13F3N2OS/c1-10(2,3)18(17)16-7-9-8(11(12,13)14)5-4-6-15-9/h4-7H,1-3H3/b16-7+. The normalized spacial score (nSPS) is 15.1. The first-order chi connectivity index (χ1) is 8.12. The van der Waals surface area contributed by atoms with Crippen LogP contribution in [-0.2, 0) is 17.5 Å². The lowest BCUT2D eigenvalue weighted by atomic mass is 10.2. The second-order valence-corrected chi connectivity index (χ2v) is 6.46. The Balaban J connectivity index is 3.02. The highest BCUT2D eigenvalue weighted by Crippen LogP contribution is 2.30. The number of hydrogen-bond acceptors (Lipinski definition) is 3. The molecule has 0 spiro atoms. The molecule has 0 aliphatic heterocycles. The first-order valence-corrected chi connectivity index (χ1v) is 6.21. The van der Waals surface area contributed by atoms with Crippen LogP contribution in [-0.4, -0.2) is 20.5 Å². The summed E-state index contributed by atoms with van der Waals surface area (Å²) in [5, 5.41) is 0. The van der Waals surface area contributed by atoms with Crippen molar-refractivity contribution in [2.45, 2.75) is 31.7 Å². The summed E-state index contributed by atoms with van der Waals surface area (Å²) in [7, 11) is 0. The van der Waals surface area contributed by atoms with Crippen molar-refractivity contribution in [2.24, 2.45) is 4.40 Å². The molecular formula is C11H13F3N2OS. The van der Waals surface area contributed by atoms with Gasteiger partial charge in [-0.3, -0.25) is 4.98 Å². The van der Waals surface area contributed by atoms with E-state index in [-0.39, 0.29) is 5.69 Å². The van der Waals surface area contributed by atoms with Gasteiger partial charge in [-0.2, -0.15) is 13.2 Å². The van der Waals surface area contributed by atoms with E-state index in [0.717, 1.165) is 12.3 Å². The van der Waals surface area contributed by atoms with E-state index in [1.54, 1.807) is 20.8 Å². The van der Waals surface area contributed by atoms with Crippen LogP contribution in [0.2, 0.25) is 0 Å². The van der Waals surface area contributed by atoms with E-state index in [4.69, 9.17) is 0 Å². The molecule has 0 fully saturated rings. The van der Waals surface area contributed by atoms with Crippen LogP contribution in [0.3, 0.4) is 0 Å². The monoisotopic (exact) mass is 278 g/mol. The summed E-state index contributed by atoms with van der Waals surface area (Å²) >= 11 is -1.61. The maximum absolute atomic E-state index is 12.6. The predicted octanol–water partition coefficient (Wildman–Crippen LogP) is 2.98. The quantitative estimate of drug-likeness (QED) is 0.617. The third kappa shape index (κ3) is 3.99. The fourth-order valence-electron chi connectivity index (χ4n) is 1.02. The molecule has 0 aliphatic rings. The Morgan fingerprint density at radius 1 is 1.33 bits per heavy atom. The summed E-state index contributed by atoms with van der Waals surface area (Å²) in [5.74, 6) is 0. The van der Waals surface area contributed by atoms with Crippen molar-refractivity contribution in [1.29, 1.82) is 0 Å². The van der Waals surface area contributed by atoms with E-state index < -0.39 is 27.8 Å². The largest absolute Gasteiger partial charge is 0.591 e. The average Bonchev–Trinajstić information content (AvgIpc) is 2.23. The van der Waals surface area contributed by atoms with Crippen LogP contribution in [0.4, 0.5) is 13.2 Å². The molecule has 0 saturated carbocycles. The first kappa shape index (κ1) is 15.0. The molecule has 100 valence electrons. The summed E-state index contributed by atoms with van der Waals surface area (Å²) in [4.78, 5) is 3.60. The Kier molecular flexibility index (Phi) is 4.39. The molecule has 0 aromatic carbocycles. The van der Waals surface area contributed by atoms with Gasteiger partial charge in [-0.1, -0.05) is 4.40 Å². The van der Waals surface area contributed by atoms with Crippen LogP contribution in [0.1, 0.15) is 32.0 Å². The zero-order valence-corrected chi connectivity index (χ0v) is 11.0. The van der Waals surface area contributed by atoms with Gasteiger partial charge in [0.15, 0.2) is 0 Å². The number of rotatable bonds is 2. The van der Waals surface area contributed by atoms with Crippen LogP contribution in [0.25, 0.3) is 0 Å². The molecule has 0 bridgehead atoms. The second-order valence-electron chi connectivity index (χ2n) is 4.53. The lowest BCUT2D eigenvalue weighted by Gasteiger charge is -2.17. The SMILES string of the molecule is CC(C)(C)[S+]([O-])/N=C/c1ncccc1C(F)(F)F. The first-order valence-electron chi connectivity index (χ1n) is 5.10. The molecule has 1 heterocycles. The van der Waals surface area contributed by atoms with Gasteiger partial charge in [-0.15, -0.1) is 0 Å². The second kappa shape index (κ2) is 5.27. The van der Waals surface area contributed by atoms with Gasteiger partial charge < -0.3 is 4.55 Å². The third-order valence-corrected chi connectivity index (χ3v) is 3.28. The predicted molar refractivity (Wildman–Crippen MR) is 64.7 cm³/mol. The fourth-order valence-corrected chi connectivity index (χ4v) is 1.53. The molecule has 0 amide bonds. The zero-order valence-electron chi connectivity index (χ0n) is 10.2. The molecule has 1 aromatic rings. The topological polar surface area (TPSA) is 48.3 Å². The van der Waals surface area contributed by atoms with Gasteiger partial charge in [0.25, 0.3) is 0 Å². The van der Waals surface area contributed by atoms with Gasteiger partial charge in [0.1, 0.15) is 22.3 Å². The van der Waals surface area contributed by atoms with Crippen molar-refractivity contribution in [3.05, 3.63) is 29.6 Å². The van der Waals surface area contributed by atoms with Crippen LogP contribution in [0.15, 0.2) is 22.7 Å². The highest BCUT2D eigenvalue weighted by atomic mass is 32.2. The Labute approximate surface area is 106 Å². The smallest absolute Gasteiger partial charge is 0.418 e. The zero-order chi connectivity index (χ0) is 14.0. The van der Waals surface area contributed by atoms with Crippen molar-refractivity contribution in [3.63, 3.8) is 0 Å². The van der Waals surface area contributed by atoms with Crippen molar-refractivity contribution < 1.29 is 17.7 Å². The molecule has 3 nitrogen and oxygen atoms in total. The molecule has 1 aromatic heterocycles. The molecule has 1 atom stereocenters. The molecule has 1 unspecified atom stereocenters. The van der Waals surface area contributed by atoms with Crippen molar-refractivity contribution in [3.8, 4) is 0 Å². The van der Waals surface area contributed by atoms with Gasteiger partial charge in [0.05, 0.1) is 11.3 Å². The number of aromatic nitrogens is 1. The summed E-state index contributed by atoms with van der Waals surface area (Å²) in [6.07, 6.45) is -2.36. The van der Waals surface area contributed by atoms with Crippen molar-refractivity contribution >= 4 is 17.6 Å². The third-order valence-electron chi connectivity index (χ3n) is 1.94. The van der Waals surface area contributed by atoms with Gasteiger partial charge >= 0.3 is 6.18 Å². The summed E-state index contributed by atoms with van der Waals surface area (Å²) in [5.41, 5.74) is -1.22. The Hall–Kier alpha value is -1.08. The van der Waals surface area contributed by atoms with Gasteiger partial charge in [0.2, 0.25) is 0 Å². The lowest BCUT2D eigenvalue weighted by molar-refractivity contribution is -0.137. The fraction of sp³-hybridized carbons (Fsp3) is 0.455. The highest BCUT2D eigenvalue weighted by Gasteiger charge is 2.34.